The highest BCUT2D eigenvalue weighted by Crippen LogP contribution is 2.30. The van der Waals surface area contributed by atoms with Crippen LogP contribution in [-0.4, -0.2) is 17.9 Å². The third-order valence-electron chi connectivity index (χ3n) is 3.57. The molecule has 0 heterocycles. The first-order valence-corrected chi connectivity index (χ1v) is 8.44. The van der Waals surface area contributed by atoms with Gasteiger partial charge in [-0.05, 0) is 68.4 Å². The fourth-order valence-corrected chi connectivity index (χ4v) is 1.90. The van der Waals surface area contributed by atoms with Gasteiger partial charge in [-0.2, -0.15) is 0 Å². The Bertz CT molecular complexity index is 551. The molecule has 0 spiro atoms. The van der Waals surface area contributed by atoms with Gasteiger partial charge in [-0.15, -0.1) is 13.2 Å². The minimum Gasteiger partial charge on any atom is -0.508 e. The SMILES string of the molecule is C=C.C=C(C)C(=C)c1ccc(O)cc1C.CC.CN=C(C)C1CC1. The lowest BCUT2D eigenvalue weighted by atomic mass is 9.97. The number of hydrogen-bond donors (Lipinski definition) is 1. The predicted molar refractivity (Wildman–Crippen MR) is 111 cm³/mol. The molecular formula is C22H35NO. The summed E-state index contributed by atoms with van der Waals surface area (Å²) in [5.74, 6) is 1.15. The Morgan fingerprint density at radius 1 is 1.12 bits per heavy atom. The largest absolute Gasteiger partial charge is 0.508 e. The van der Waals surface area contributed by atoms with Crippen molar-refractivity contribution in [1.29, 1.82) is 0 Å². The normalized spacial score (nSPS) is 12.3. The van der Waals surface area contributed by atoms with Crippen molar-refractivity contribution in [1.82, 2.24) is 0 Å². The fourth-order valence-electron chi connectivity index (χ4n) is 1.90. The second-order valence-electron chi connectivity index (χ2n) is 5.40. The molecule has 1 aromatic carbocycles. The number of hydrogen-bond acceptors (Lipinski definition) is 2. The summed E-state index contributed by atoms with van der Waals surface area (Å²) in [5.41, 5.74) is 5.28. The summed E-state index contributed by atoms with van der Waals surface area (Å²) in [7, 11) is 1.87. The van der Waals surface area contributed by atoms with E-state index in [2.05, 4.69) is 38.2 Å². The Labute approximate surface area is 149 Å². The lowest BCUT2D eigenvalue weighted by Crippen LogP contribution is -1.90. The van der Waals surface area contributed by atoms with Crippen molar-refractivity contribution in [3.63, 3.8) is 0 Å². The highest BCUT2D eigenvalue weighted by Gasteiger charge is 2.23. The van der Waals surface area contributed by atoms with E-state index in [1.165, 1.54) is 18.6 Å². The number of phenolic OH excluding ortho intramolecular Hbond substituents is 1. The molecule has 134 valence electrons. The quantitative estimate of drug-likeness (QED) is 0.378. The Kier molecular flexibility index (Phi) is 13.5. The molecule has 0 saturated heterocycles. The van der Waals surface area contributed by atoms with Crippen LogP contribution < -0.4 is 0 Å². The first kappa shape index (κ1) is 24.2. The molecular weight excluding hydrogens is 294 g/mol. The highest BCUT2D eigenvalue weighted by atomic mass is 16.3. The molecule has 1 aromatic rings. The molecule has 2 nitrogen and oxygen atoms in total. The van der Waals surface area contributed by atoms with Crippen LogP contribution in [0.15, 0.2) is 55.1 Å². The summed E-state index contributed by atoms with van der Waals surface area (Å²) in [6, 6.07) is 5.25. The van der Waals surface area contributed by atoms with Crippen molar-refractivity contribution in [3.8, 4) is 5.75 Å². The van der Waals surface area contributed by atoms with E-state index in [1.807, 2.05) is 40.8 Å². The lowest BCUT2D eigenvalue weighted by molar-refractivity contribution is 0.475. The van der Waals surface area contributed by atoms with E-state index in [1.54, 1.807) is 12.1 Å². The van der Waals surface area contributed by atoms with E-state index in [9.17, 15) is 5.11 Å². The maximum Gasteiger partial charge on any atom is 0.115 e. The molecule has 1 aliphatic rings. The van der Waals surface area contributed by atoms with Gasteiger partial charge < -0.3 is 5.11 Å². The lowest BCUT2D eigenvalue weighted by Gasteiger charge is -2.08. The number of aromatic hydroxyl groups is 1. The average Bonchev–Trinajstić information content (AvgIpc) is 3.43. The molecule has 0 aliphatic heterocycles. The zero-order chi connectivity index (χ0) is 19.3. The third-order valence-corrected chi connectivity index (χ3v) is 3.57. The van der Waals surface area contributed by atoms with Crippen LogP contribution in [0.1, 0.15) is 51.7 Å². The monoisotopic (exact) mass is 329 g/mol. The molecule has 0 bridgehead atoms. The van der Waals surface area contributed by atoms with Crippen molar-refractivity contribution in [3.05, 3.63) is 61.2 Å². The van der Waals surface area contributed by atoms with Gasteiger partial charge in [0.05, 0.1) is 0 Å². The molecule has 0 aromatic heterocycles. The zero-order valence-corrected chi connectivity index (χ0v) is 16.4. The topological polar surface area (TPSA) is 32.6 Å². The summed E-state index contributed by atoms with van der Waals surface area (Å²) < 4.78 is 0. The first-order chi connectivity index (χ1) is 11.4. The molecule has 0 radical (unpaired) electrons. The minimum atomic E-state index is 0.288. The number of benzene rings is 1. The van der Waals surface area contributed by atoms with Crippen LogP contribution in [0.25, 0.3) is 5.57 Å². The zero-order valence-electron chi connectivity index (χ0n) is 16.4. The van der Waals surface area contributed by atoms with Crippen LogP contribution in [0.2, 0.25) is 0 Å². The van der Waals surface area contributed by atoms with Crippen molar-refractivity contribution in [2.45, 2.75) is 47.5 Å². The number of phenols is 1. The minimum absolute atomic E-state index is 0.288. The van der Waals surface area contributed by atoms with E-state index in [0.29, 0.717) is 0 Å². The number of rotatable bonds is 3. The van der Waals surface area contributed by atoms with Gasteiger partial charge in [0, 0.05) is 12.8 Å². The van der Waals surface area contributed by atoms with Crippen LogP contribution >= 0.6 is 0 Å². The maximum atomic E-state index is 9.21. The molecule has 1 aliphatic carbocycles. The number of nitrogens with zero attached hydrogens (tertiary/aromatic N) is 1. The Morgan fingerprint density at radius 2 is 1.62 bits per heavy atom. The smallest absolute Gasteiger partial charge is 0.115 e. The summed E-state index contributed by atoms with van der Waals surface area (Å²) in [6.45, 7) is 23.7. The van der Waals surface area contributed by atoms with E-state index < -0.39 is 0 Å². The molecule has 0 unspecified atom stereocenters. The number of aliphatic imine (C=N–C) groups is 1. The van der Waals surface area contributed by atoms with E-state index in [0.717, 1.165) is 28.2 Å². The summed E-state index contributed by atoms with van der Waals surface area (Å²) >= 11 is 0. The predicted octanol–water partition coefficient (Wildman–Crippen LogP) is 6.61. The molecule has 1 saturated carbocycles. The van der Waals surface area contributed by atoms with Crippen LogP contribution in [0.3, 0.4) is 0 Å². The van der Waals surface area contributed by atoms with Gasteiger partial charge in [-0.3, -0.25) is 4.99 Å². The number of aryl methyl sites for hydroxylation is 1. The molecule has 2 rings (SSSR count). The van der Waals surface area contributed by atoms with Crippen LogP contribution in [-0.2, 0) is 0 Å². The van der Waals surface area contributed by atoms with Gasteiger partial charge in [-0.1, -0.05) is 38.6 Å². The van der Waals surface area contributed by atoms with Crippen molar-refractivity contribution < 1.29 is 5.11 Å². The van der Waals surface area contributed by atoms with Gasteiger partial charge in [0.25, 0.3) is 0 Å². The third kappa shape index (κ3) is 9.14. The van der Waals surface area contributed by atoms with Crippen LogP contribution in [0.4, 0.5) is 0 Å². The highest BCUT2D eigenvalue weighted by molar-refractivity contribution is 5.86. The van der Waals surface area contributed by atoms with Crippen LogP contribution in [0, 0.1) is 12.8 Å². The van der Waals surface area contributed by atoms with E-state index in [4.69, 9.17) is 0 Å². The second kappa shape index (κ2) is 13.4. The average molecular weight is 330 g/mol. The van der Waals surface area contributed by atoms with Gasteiger partial charge in [0.1, 0.15) is 5.75 Å². The Balaban J connectivity index is 0. The van der Waals surface area contributed by atoms with E-state index >= 15 is 0 Å². The van der Waals surface area contributed by atoms with Gasteiger partial charge in [0.2, 0.25) is 0 Å². The van der Waals surface area contributed by atoms with Crippen molar-refractivity contribution in [2.75, 3.05) is 7.05 Å². The summed E-state index contributed by atoms with van der Waals surface area (Å²) in [6.07, 6.45) is 2.76. The first-order valence-electron chi connectivity index (χ1n) is 8.44. The molecule has 1 N–H and O–H groups in total. The summed E-state index contributed by atoms with van der Waals surface area (Å²) in [5, 5.41) is 9.21. The van der Waals surface area contributed by atoms with Gasteiger partial charge in [-0.25, -0.2) is 0 Å². The fraction of sp³-hybridized carbons (Fsp3) is 0.409. The summed E-state index contributed by atoms with van der Waals surface area (Å²) in [4.78, 5) is 4.07. The molecule has 2 heteroatoms. The Morgan fingerprint density at radius 3 is 1.92 bits per heavy atom. The van der Waals surface area contributed by atoms with Gasteiger partial charge >= 0.3 is 0 Å². The maximum absolute atomic E-state index is 9.21. The van der Waals surface area contributed by atoms with E-state index in [-0.39, 0.29) is 5.75 Å². The van der Waals surface area contributed by atoms with Crippen molar-refractivity contribution >= 4 is 11.3 Å². The van der Waals surface area contributed by atoms with Crippen LogP contribution in [0.5, 0.6) is 5.75 Å². The molecule has 24 heavy (non-hydrogen) atoms. The molecule has 1 fully saturated rings. The Hall–Kier alpha value is -2.09. The molecule has 0 atom stereocenters. The molecule has 0 amide bonds. The van der Waals surface area contributed by atoms with Crippen molar-refractivity contribution in [2.24, 2.45) is 10.9 Å². The van der Waals surface area contributed by atoms with Gasteiger partial charge in [0.15, 0.2) is 0 Å². The standard InChI is InChI=1S/C12H14O.C6H11N.C2H6.C2H4/c1-8(2)10(4)12-6-5-11(13)7-9(12)3;1-5(7-2)6-3-4-6;2*1-2/h5-7,13H,1,4H2,2-3H3;6H,3-4H2,1-2H3;1-2H3;1-2H2. The number of allylic oxidation sites excluding steroid dienone is 2. The second-order valence-corrected chi connectivity index (χ2v) is 5.40.